The quantitative estimate of drug-likeness (QED) is 0.282. The summed E-state index contributed by atoms with van der Waals surface area (Å²) < 4.78 is 23.9. The van der Waals surface area contributed by atoms with Gasteiger partial charge in [0.25, 0.3) is 11.7 Å². The summed E-state index contributed by atoms with van der Waals surface area (Å²) in [6.07, 6.45) is 0.496. The molecule has 0 bridgehead atoms. The molecule has 2 aromatic carbocycles. The first-order chi connectivity index (χ1) is 14.9. The molecule has 1 unspecified atom stereocenters. The number of ether oxygens (including phenoxy) is 2. The molecule has 164 valence electrons. The van der Waals surface area contributed by atoms with E-state index in [0.29, 0.717) is 30.9 Å². The molecule has 3 rings (SSSR count). The zero-order valence-corrected chi connectivity index (χ0v) is 18.0. The molecular weight excluding hydrogens is 425 g/mol. The lowest BCUT2D eigenvalue weighted by Crippen LogP contribution is -2.31. The fraction of sp³-hybridized carbons (Fsp3) is 0.304. The number of aliphatic hydroxyl groups is 1. The van der Waals surface area contributed by atoms with Crippen LogP contribution >= 0.6 is 11.6 Å². The third kappa shape index (κ3) is 4.73. The van der Waals surface area contributed by atoms with Crippen LogP contribution in [0.15, 0.2) is 48.0 Å². The Balaban J connectivity index is 2.10. The average molecular weight is 448 g/mol. The van der Waals surface area contributed by atoms with Crippen LogP contribution in [0, 0.1) is 5.82 Å². The van der Waals surface area contributed by atoms with Crippen molar-refractivity contribution in [1.29, 1.82) is 0 Å². The lowest BCUT2D eigenvalue weighted by Gasteiger charge is -2.25. The van der Waals surface area contributed by atoms with Gasteiger partial charge in [-0.15, -0.1) is 0 Å². The Labute approximate surface area is 184 Å². The van der Waals surface area contributed by atoms with Crippen LogP contribution in [-0.4, -0.2) is 48.6 Å². The Morgan fingerprint density at radius 1 is 1.19 bits per heavy atom. The first-order valence-electron chi connectivity index (χ1n) is 9.84. The fourth-order valence-electron chi connectivity index (χ4n) is 3.56. The van der Waals surface area contributed by atoms with Crippen molar-refractivity contribution in [2.75, 3.05) is 26.9 Å². The summed E-state index contributed by atoms with van der Waals surface area (Å²) in [6, 6.07) is 9.25. The molecular formula is C23H23ClFNO5. The Kier molecular flexibility index (Phi) is 7.30. The number of likely N-dealkylation sites (tertiary alicyclic amines) is 1. The van der Waals surface area contributed by atoms with E-state index in [0.717, 1.165) is 0 Å². The zero-order valence-electron chi connectivity index (χ0n) is 17.2. The number of carbonyl (C=O) groups is 2. The zero-order chi connectivity index (χ0) is 22.5. The first-order valence-corrected chi connectivity index (χ1v) is 10.2. The number of methoxy groups -OCH3 is 1. The number of aliphatic hydroxyl groups excluding tert-OH is 1. The summed E-state index contributed by atoms with van der Waals surface area (Å²) in [5.74, 6) is -1.90. The highest BCUT2D eigenvalue weighted by atomic mass is 35.5. The number of Topliss-reactive ketones (excluding diaryl/α,β-unsaturated/α-hetero) is 1. The number of amides is 1. The van der Waals surface area contributed by atoms with E-state index in [1.54, 1.807) is 19.2 Å². The highest BCUT2D eigenvalue weighted by molar-refractivity contribution is 6.46. The Bertz CT molecular complexity index is 1010. The van der Waals surface area contributed by atoms with Crippen LogP contribution < -0.4 is 4.74 Å². The number of nitrogens with zero attached hydrogens (tertiary/aromatic N) is 1. The lowest BCUT2D eigenvalue weighted by molar-refractivity contribution is -0.140. The molecule has 0 aromatic heterocycles. The van der Waals surface area contributed by atoms with E-state index in [1.807, 2.05) is 6.92 Å². The van der Waals surface area contributed by atoms with Crippen molar-refractivity contribution in [1.82, 2.24) is 4.90 Å². The van der Waals surface area contributed by atoms with Gasteiger partial charge in [-0.2, -0.15) is 0 Å². The molecule has 1 aliphatic heterocycles. The fourth-order valence-corrected chi connectivity index (χ4v) is 3.79. The highest BCUT2D eigenvalue weighted by Crippen LogP contribution is 2.40. The summed E-state index contributed by atoms with van der Waals surface area (Å²) in [4.78, 5) is 27.0. The van der Waals surface area contributed by atoms with Crippen LogP contribution in [0.3, 0.4) is 0 Å². The number of hydrogen-bond acceptors (Lipinski definition) is 5. The molecule has 0 spiro atoms. The van der Waals surface area contributed by atoms with Crippen LogP contribution in [0.2, 0.25) is 5.02 Å². The molecule has 8 heteroatoms. The summed E-state index contributed by atoms with van der Waals surface area (Å²) in [6.45, 7) is 2.87. The van der Waals surface area contributed by atoms with Gasteiger partial charge < -0.3 is 19.5 Å². The van der Waals surface area contributed by atoms with Crippen molar-refractivity contribution in [2.24, 2.45) is 0 Å². The molecule has 1 saturated heterocycles. The molecule has 2 aromatic rings. The Morgan fingerprint density at radius 2 is 1.90 bits per heavy atom. The van der Waals surface area contributed by atoms with Gasteiger partial charge in [0, 0.05) is 25.8 Å². The molecule has 1 heterocycles. The van der Waals surface area contributed by atoms with E-state index in [2.05, 4.69) is 0 Å². The van der Waals surface area contributed by atoms with Crippen LogP contribution in [0.5, 0.6) is 5.75 Å². The number of ketones is 1. The maximum absolute atomic E-state index is 13.5. The summed E-state index contributed by atoms with van der Waals surface area (Å²) in [5.41, 5.74) is 0.710. The molecule has 0 aliphatic carbocycles. The Morgan fingerprint density at radius 3 is 2.52 bits per heavy atom. The van der Waals surface area contributed by atoms with Crippen LogP contribution in [0.25, 0.3) is 5.76 Å². The predicted molar refractivity (Wildman–Crippen MR) is 115 cm³/mol. The number of benzene rings is 2. The minimum absolute atomic E-state index is 0.0748. The summed E-state index contributed by atoms with van der Waals surface area (Å²) >= 11 is 6.23. The van der Waals surface area contributed by atoms with Crippen molar-refractivity contribution in [3.05, 3.63) is 70.0 Å². The lowest BCUT2D eigenvalue weighted by atomic mass is 9.95. The second-order valence-electron chi connectivity index (χ2n) is 6.97. The molecule has 6 nitrogen and oxygen atoms in total. The maximum Gasteiger partial charge on any atom is 0.295 e. The van der Waals surface area contributed by atoms with Gasteiger partial charge in [-0.05, 0) is 49.2 Å². The van der Waals surface area contributed by atoms with E-state index in [-0.39, 0.29) is 28.5 Å². The van der Waals surface area contributed by atoms with Crippen molar-refractivity contribution in [3.63, 3.8) is 0 Å². The second kappa shape index (κ2) is 9.94. The number of carbonyl (C=O) groups excluding carboxylic acids is 2. The molecule has 1 fully saturated rings. The van der Waals surface area contributed by atoms with Gasteiger partial charge >= 0.3 is 0 Å². The predicted octanol–water partition coefficient (Wildman–Crippen LogP) is 4.34. The topological polar surface area (TPSA) is 76.1 Å². The highest BCUT2D eigenvalue weighted by Gasteiger charge is 2.45. The van der Waals surface area contributed by atoms with E-state index in [1.165, 1.54) is 35.2 Å². The molecule has 0 radical (unpaired) electrons. The molecule has 1 N–H and O–H groups in total. The first kappa shape index (κ1) is 22.8. The molecule has 0 saturated carbocycles. The molecule has 31 heavy (non-hydrogen) atoms. The van der Waals surface area contributed by atoms with Crippen molar-refractivity contribution in [2.45, 2.75) is 19.4 Å². The molecule has 1 amide bonds. The van der Waals surface area contributed by atoms with Gasteiger partial charge in [0.1, 0.15) is 17.3 Å². The summed E-state index contributed by atoms with van der Waals surface area (Å²) in [7, 11) is 1.54. The minimum atomic E-state index is -0.859. The third-order valence-corrected chi connectivity index (χ3v) is 5.27. The van der Waals surface area contributed by atoms with E-state index in [9.17, 15) is 19.1 Å². The second-order valence-corrected chi connectivity index (χ2v) is 7.38. The van der Waals surface area contributed by atoms with Gasteiger partial charge in [-0.1, -0.05) is 23.7 Å². The van der Waals surface area contributed by atoms with Gasteiger partial charge in [0.15, 0.2) is 0 Å². The summed E-state index contributed by atoms with van der Waals surface area (Å²) in [5, 5.41) is 11.3. The Hall–Kier alpha value is -2.90. The van der Waals surface area contributed by atoms with Gasteiger partial charge in [-0.25, -0.2) is 4.39 Å². The smallest absolute Gasteiger partial charge is 0.295 e. The molecule has 1 atom stereocenters. The monoisotopic (exact) mass is 447 g/mol. The van der Waals surface area contributed by atoms with Crippen LogP contribution in [0.4, 0.5) is 4.39 Å². The number of hydrogen-bond donors (Lipinski definition) is 1. The largest absolute Gasteiger partial charge is 0.507 e. The normalized spacial score (nSPS) is 17.9. The van der Waals surface area contributed by atoms with Crippen molar-refractivity contribution < 1.29 is 28.6 Å². The SMILES string of the molecule is CCOc1ccc(C(O)=C2C(=O)C(=O)N(CCCOC)C2c2ccc(F)cc2)cc1Cl. The number of halogens is 2. The van der Waals surface area contributed by atoms with Crippen molar-refractivity contribution in [3.8, 4) is 5.75 Å². The van der Waals surface area contributed by atoms with Crippen LogP contribution in [0.1, 0.15) is 30.5 Å². The van der Waals surface area contributed by atoms with Crippen LogP contribution in [-0.2, 0) is 14.3 Å². The average Bonchev–Trinajstić information content (AvgIpc) is 3.00. The van der Waals surface area contributed by atoms with E-state index in [4.69, 9.17) is 21.1 Å². The maximum atomic E-state index is 13.5. The standard InChI is InChI=1S/C23H23ClFNO5/c1-3-31-18-10-7-15(13-17(18)24)21(27)19-20(14-5-8-16(25)9-6-14)26(11-4-12-30-2)23(29)22(19)28/h5-10,13,20,27H,3-4,11-12H2,1-2H3. The van der Waals surface area contributed by atoms with E-state index < -0.39 is 23.5 Å². The molecule has 1 aliphatic rings. The van der Waals surface area contributed by atoms with E-state index >= 15 is 0 Å². The van der Waals surface area contributed by atoms with Gasteiger partial charge in [0.2, 0.25) is 0 Å². The van der Waals surface area contributed by atoms with Crippen molar-refractivity contribution >= 4 is 29.1 Å². The van der Waals surface area contributed by atoms with Gasteiger partial charge in [-0.3, -0.25) is 9.59 Å². The van der Waals surface area contributed by atoms with Gasteiger partial charge in [0.05, 0.1) is 23.2 Å². The minimum Gasteiger partial charge on any atom is -0.507 e. The third-order valence-electron chi connectivity index (χ3n) is 4.98. The number of rotatable bonds is 8.